The number of furan rings is 1. The average Bonchev–Trinajstić information content (AvgIpc) is 2.47. The van der Waals surface area contributed by atoms with Gasteiger partial charge in [-0.3, -0.25) is 10.1 Å². The molecule has 0 atom stereocenters. The molecule has 5 nitrogen and oxygen atoms in total. The quantitative estimate of drug-likeness (QED) is 0.422. The molecule has 0 saturated carbocycles. The molecule has 0 radical (unpaired) electrons. The molecule has 0 unspecified atom stereocenters. The first kappa shape index (κ1) is 10.5. The van der Waals surface area contributed by atoms with Crippen molar-refractivity contribution in [2.45, 2.75) is 0 Å². The summed E-state index contributed by atoms with van der Waals surface area (Å²) in [7, 11) is 5.94. The van der Waals surface area contributed by atoms with E-state index < -0.39 is 4.92 Å². The fourth-order valence-corrected chi connectivity index (χ4v) is 0.827. The largest absolute Gasteiger partial charge is 0.433 e. The third-order valence-corrected chi connectivity index (χ3v) is 1.48. The second-order valence-electron chi connectivity index (χ2n) is 3.87. The molecular weight excluding hydrogens is 184 g/mol. The van der Waals surface area contributed by atoms with Crippen molar-refractivity contribution >= 4 is 12.0 Å². The Morgan fingerprint density at radius 1 is 1.43 bits per heavy atom. The summed E-state index contributed by atoms with van der Waals surface area (Å²) >= 11 is 0. The van der Waals surface area contributed by atoms with E-state index in [1.807, 2.05) is 27.3 Å². The second-order valence-corrected chi connectivity index (χ2v) is 3.87. The maximum absolute atomic E-state index is 10.3. The SMILES string of the molecule is C[N+](C)(C)/C=C/c1ccc([N+](=O)[O-])o1. The van der Waals surface area contributed by atoms with Gasteiger partial charge in [0, 0.05) is 6.08 Å². The summed E-state index contributed by atoms with van der Waals surface area (Å²) < 4.78 is 5.58. The van der Waals surface area contributed by atoms with Gasteiger partial charge < -0.3 is 8.90 Å². The van der Waals surface area contributed by atoms with E-state index in [1.54, 1.807) is 12.1 Å². The number of hydrogen-bond acceptors (Lipinski definition) is 3. The number of nitro groups is 1. The topological polar surface area (TPSA) is 56.3 Å². The molecule has 0 aromatic carbocycles. The molecule has 0 saturated heterocycles. The van der Waals surface area contributed by atoms with Gasteiger partial charge >= 0.3 is 5.88 Å². The lowest BCUT2D eigenvalue weighted by atomic mass is 10.4. The third kappa shape index (κ3) is 3.02. The van der Waals surface area contributed by atoms with Crippen LogP contribution in [-0.4, -0.2) is 30.5 Å². The fourth-order valence-electron chi connectivity index (χ4n) is 0.827. The van der Waals surface area contributed by atoms with Gasteiger partial charge in [0.15, 0.2) is 0 Å². The van der Waals surface area contributed by atoms with Gasteiger partial charge in [0.1, 0.15) is 10.7 Å². The Balaban J connectivity index is 2.79. The summed E-state index contributed by atoms with van der Waals surface area (Å²) in [5.41, 5.74) is 0. The van der Waals surface area contributed by atoms with Gasteiger partial charge in [0.25, 0.3) is 0 Å². The summed E-state index contributed by atoms with van der Waals surface area (Å²) in [6.45, 7) is 0. The monoisotopic (exact) mass is 197 g/mol. The number of quaternary nitrogens is 1. The molecule has 0 fully saturated rings. The van der Waals surface area contributed by atoms with Crippen LogP contribution in [0.2, 0.25) is 0 Å². The van der Waals surface area contributed by atoms with Crippen LogP contribution in [0, 0.1) is 10.1 Å². The van der Waals surface area contributed by atoms with Crippen molar-refractivity contribution in [3.8, 4) is 0 Å². The summed E-state index contributed by atoms with van der Waals surface area (Å²) in [5.74, 6) is 0.260. The molecule has 0 aliphatic rings. The molecule has 1 rings (SSSR count). The highest BCUT2D eigenvalue weighted by Crippen LogP contribution is 2.16. The lowest BCUT2D eigenvalue weighted by molar-refractivity contribution is -0.816. The standard InChI is InChI=1S/C9H13N2O3/c1-11(2,3)7-6-8-4-5-9(14-8)10(12)13/h4-7H,1-3H3/q+1/b7-6+. The molecule has 1 aromatic rings. The highest BCUT2D eigenvalue weighted by molar-refractivity contribution is 5.43. The molecule has 1 heterocycles. The Bertz CT molecular complexity index is 360. The van der Waals surface area contributed by atoms with Crippen LogP contribution in [0.3, 0.4) is 0 Å². The number of hydrogen-bond donors (Lipinski definition) is 0. The van der Waals surface area contributed by atoms with E-state index in [2.05, 4.69) is 0 Å². The summed E-state index contributed by atoms with van der Waals surface area (Å²) in [6, 6.07) is 2.92. The third-order valence-electron chi connectivity index (χ3n) is 1.48. The zero-order chi connectivity index (χ0) is 10.8. The second kappa shape index (κ2) is 3.63. The van der Waals surface area contributed by atoms with Crippen LogP contribution in [0.25, 0.3) is 6.08 Å². The molecule has 0 amide bonds. The van der Waals surface area contributed by atoms with Crippen molar-refractivity contribution in [1.29, 1.82) is 0 Å². The van der Waals surface area contributed by atoms with E-state index in [-0.39, 0.29) is 5.88 Å². The van der Waals surface area contributed by atoms with E-state index in [0.29, 0.717) is 10.2 Å². The van der Waals surface area contributed by atoms with Crippen LogP contribution in [0.5, 0.6) is 0 Å². The minimum atomic E-state index is -0.552. The Morgan fingerprint density at radius 2 is 2.07 bits per heavy atom. The molecule has 0 aliphatic carbocycles. The Kier molecular flexibility index (Phi) is 2.71. The molecule has 0 bridgehead atoms. The van der Waals surface area contributed by atoms with Crippen LogP contribution in [0.15, 0.2) is 22.7 Å². The van der Waals surface area contributed by atoms with Crippen molar-refractivity contribution in [2.24, 2.45) is 0 Å². The molecule has 0 aliphatic heterocycles. The molecule has 0 N–H and O–H groups in total. The van der Waals surface area contributed by atoms with Crippen LogP contribution in [-0.2, 0) is 0 Å². The van der Waals surface area contributed by atoms with Crippen LogP contribution in [0.4, 0.5) is 5.88 Å². The van der Waals surface area contributed by atoms with Crippen molar-refractivity contribution in [1.82, 2.24) is 0 Å². The zero-order valence-electron chi connectivity index (χ0n) is 8.43. The molecular formula is C9H13N2O3+. The van der Waals surface area contributed by atoms with Crippen molar-refractivity contribution < 1.29 is 13.8 Å². The minimum absolute atomic E-state index is 0.231. The van der Waals surface area contributed by atoms with E-state index >= 15 is 0 Å². The van der Waals surface area contributed by atoms with Gasteiger partial charge in [-0.05, 0) is 6.07 Å². The molecule has 1 aromatic heterocycles. The van der Waals surface area contributed by atoms with Crippen LogP contribution >= 0.6 is 0 Å². The molecule has 14 heavy (non-hydrogen) atoms. The maximum Gasteiger partial charge on any atom is 0.433 e. The highest BCUT2D eigenvalue weighted by atomic mass is 16.6. The van der Waals surface area contributed by atoms with Gasteiger partial charge in [0.2, 0.25) is 0 Å². The molecule has 76 valence electrons. The first-order chi connectivity index (χ1) is 6.38. The summed E-state index contributed by atoms with van der Waals surface area (Å²) in [5, 5.41) is 10.3. The molecule has 5 heteroatoms. The normalized spacial score (nSPS) is 12.2. The van der Waals surface area contributed by atoms with E-state index in [0.717, 1.165) is 0 Å². The predicted molar refractivity (Wildman–Crippen MR) is 52.4 cm³/mol. The fraction of sp³-hybridized carbons (Fsp3) is 0.333. The Morgan fingerprint density at radius 3 is 2.50 bits per heavy atom. The van der Waals surface area contributed by atoms with Gasteiger partial charge in [-0.2, -0.15) is 0 Å². The maximum atomic E-state index is 10.3. The van der Waals surface area contributed by atoms with Crippen molar-refractivity contribution in [3.63, 3.8) is 0 Å². The number of nitrogens with zero attached hydrogens (tertiary/aromatic N) is 2. The summed E-state index contributed by atoms with van der Waals surface area (Å²) in [6.07, 6.45) is 3.59. The zero-order valence-corrected chi connectivity index (χ0v) is 8.43. The van der Waals surface area contributed by atoms with Crippen molar-refractivity contribution in [3.05, 3.63) is 34.2 Å². The van der Waals surface area contributed by atoms with E-state index in [9.17, 15) is 10.1 Å². The van der Waals surface area contributed by atoms with Crippen LogP contribution in [0.1, 0.15) is 5.76 Å². The lowest BCUT2D eigenvalue weighted by Gasteiger charge is -2.16. The number of rotatable bonds is 3. The first-order valence-corrected chi connectivity index (χ1v) is 4.13. The van der Waals surface area contributed by atoms with Gasteiger partial charge in [-0.1, -0.05) is 0 Å². The van der Waals surface area contributed by atoms with Crippen molar-refractivity contribution in [2.75, 3.05) is 21.1 Å². The Labute approximate surface area is 82.0 Å². The predicted octanol–water partition coefficient (Wildman–Crippen LogP) is 1.86. The van der Waals surface area contributed by atoms with Gasteiger partial charge in [-0.15, -0.1) is 0 Å². The van der Waals surface area contributed by atoms with E-state index in [4.69, 9.17) is 4.42 Å². The minimum Gasteiger partial charge on any atom is -0.401 e. The van der Waals surface area contributed by atoms with E-state index in [1.165, 1.54) is 6.07 Å². The average molecular weight is 197 g/mol. The smallest absolute Gasteiger partial charge is 0.401 e. The van der Waals surface area contributed by atoms with Gasteiger partial charge in [0.05, 0.1) is 33.4 Å². The van der Waals surface area contributed by atoms with Gasteiger partial charge in [-0.25, -0.2) is 0 Å². The molecule has 0 spiro atoms. The first-order valence-electron chi connectivity index (χ1n) is 4.13. The Hall–Kier alpha value is -1.62. The lowest BCUT2D eigenvalue weighted by Crippen LogP contribution is -2.26. The highest BCUT2D eigenvalue weighted by Gasteiger charge is 2.10. The summed E-state index contributed by atoms with van der Waals surface area (Å²) in [4.78, 5) is 9.75. The van der Waals surface area contributed by atoms with Crippen LogP contribution < -0.4 is 0 Å².